The SMILES string of the molecule is CC(=O)Oc1ccc(C=C(C)C(=O)O)cc1. The maximum absolute atomic E-state index is 10.7. The Morgan fingerprint density at radius 3 is 2.19 bits per heavy atom. The van der Waals surface area contributed by atoms with Crippen molar-refractivity contribution in [3.63, 3.8) is 0 Å². The van der Waals surface area contributed by atoms with Crippen LogP contribution in [0.4, 0.5) is 0 Å². The molecule has 0 bridgehead atoms. The third-order valence-corrected chi connectivity index (χ3v) is 1.86. The molecule has 16 heavy (non-hydrogen) atoms. The second kappa shape index (κ2) is 5.11. The maximum Gasteiger partial charge on any atom is 0.331 e. The largest absolute Gasteiger partial charge is 0.478 e. The maximum atomic E-state index is 10.7. The molecule has 0 heterocycles. The van der Waals surface area contributed by atoms with E-state index < -0.39 is 5.97 Å². The lowest BCUT2D eigenvalue weighted by Gasteiger charge is -2.01. The van der Waals surface area contributed by atoms with Gasteiger partial charge in [-0.3, -0.25) is 4.79 Å². The number of aliphatic carboxylic acids is 1. The minimum absolute atomic E-state index is 0.250. The summed E-state index contributed by atoms with van der Waals surface area (Å²) in [7, 11) is 0. The number of carbonyl (C=O) groups is 2. The van der Waals surface area contributed by atoms with Crippen LogP contribution in [0, 0.1) is 0 Å². The molecule has 84 valence electrons. The van der Waals surface area contributed by atoms with Gasteiger partial charge in [0.05, 0.1) is 0 Å². The minimum atomic E-state index is -0.955. The number of carboxylic acids is 1. The molecule has 0 unspecified atom stereocenters. The second-order valence-corrected chi connectivity index (χ2v) is 3.30. The molecule has 4 heteroatoms. The Labute approximate surface area is 93.2 Å². The Hall–Kier alpha value is -2.10. The van der Waals surface area contributed by atoms with Crippen molar-refractivity contribution in [3.8, 4) is 5.75 Å². The molecule has 0 radical (unpaired) electrons. The van der Waals surface area contributed by atoms with Crippen molar-refractivity contribution < 1.29 is 19.4 Å². The Balaban J connectivity index is 2.83. The van der Waals surface area contributed by atoms with Crippen LogP contribution < -0.4 is 4.74 Å². The fraction of sp³-hybridized carbons (Fsp3) is 0.167. The van der Waals surface area contributed by atoms with Gasteiger partial charge in [-0.2, -0.15) is 0 Å². The van der Waals surface area contributed by atoms with Crippen molar-refractivity contribution in [2.45, 2.75) is 13.8 Å². The van der Waals surface area contributed by atoms with Crippen LogP contribution in [-0.2, 0) is 9.59 Å². The summed E-state index contributed by atoms with van der Waals surface area (Å²) in [5.74, 6) is -0.897. The van der Waals surface area contributed by atoms with Gasteiger partial charge >= 0.3 is 11.9 Å². The number of hydrogen-bond acceptors (Lipinski definition) is 3. The number of carboxylic acid groups (broad SMARTS) is 1. The number of rotatable bonds is 3. The van der Waals surface area contributed by atoms with E-state index in [-0.39, 0.29) is 11.5 Å². The van der Waals surface area contributed by atoms with E-state index in [0.717, 1.165) is 5.56 Å². The van der Waals surface area contributed by atoms with Crippen LogP contribution in [0.15, 0.2) is 29.8 Å². The molecule has 1 rings (SSSR count). The highest BCUT2D eigenvalue weighted by Gasteiger charge is 2.01. The summed E-state index contributed by atoms with van der Waals surface area (Å²) in [6.07, 6.45) is 1.54. The van der Waals surface area contributed by atoms with Gasteiger partial charge in [-0.25, -0.2) is 4.79 Å². The first-order chi connectivity index (χ1) is 7.49. The van der Waals surface area contributed by atoms with Crippen LogP contribution in [0.1, 0.15) is 19.4 Å². The average molecular weight is 220 g/mol. The smallest absolute Gasteiger partial charge is 0.331 e. The van der Waals surface area contributed by atoms with Gasteiger partial charge in [-0.05, 0) is 30.7 Å². The van der Waals surface area contributed by atoms with Crippen LogP contribution in [0.3, 0.4) is 0 Å². The standard InChI is InChI=1S/C12H12O4/c1-8(12(14)15)7-10-3-5-11(6-4-10)16-9(2)13/h3-7H,1-2H3,(H,14,15). The molecule has 1 aromatic rings. The Morgan fingerprint density at radius 2 is 1.75 bits per heavy atom. The molecule has 0 aliphatic rings. The van der Waals surface area contributed by atoms with Crippen molar-refractivity contribution >= 4 is 18.0 Å². The molecule has 1 aromatic carbocycles. The Bertz CT molecular complexity index is 429. The van der Waals surface area contributed by atoms with E-state index in [1.165, 1.54) is 13.8 Å². The fourth-order valence-corrected chi connectivity index (χ4v) is 1.11. The van der Waals surface area contributed by atoms with E-state index in [4.69, 9.17) is 9.84 Å². The molecule has 4 nitrogen and oxygen atoms in total. The summed E-state index contributed by atoms with van der Waals surface area (Å²) in [5, 5.41) is 8.68. The number of hydrogen-bond donors (Lipinski definition) is 1. The minimum Gasteiger partial charge on any atom is -0.478 e. The lowest BCUT2D eigenvalue weighted by Crippen LogP contribution is -2.00. The molecule has 0 aromatic heterocycles. The predicted octanol–water partition coefficient (Wildman–Crippen LogP) is 2.10. The summed E-state index contributed by atoms with van der Waals surface area (Å²) >= 11 is 0. The molecular formula is C12H12O4. The van der Waals surface area contributed by atoms with E-state index in [1.54, 1.807) is 30.3 Å². The van der Waals surface area contributed by atoms with Crippen LogP contribution >= 0.6 is 0 Å². The molecule has 1 N–H and O–H groups in total. The molecule has 0 amide bonds. The summed E-state index contributed by atoms with van der Waals surface area (Å²) in [6, 6.07) is 6.60. The third-order valence-electron chi connectivity index (χ3n) is 1.86. The summed E-state index contributed by atoms with van der Waals surface area (Å²) in [6.45, 7) is 2.84. The quantitative estimate of drug-likeness (QED) is 0.481. The van der Waals surface area contributed by atoms with Crippen LogP contribution in [0.25, 0.3) is 6.08 Å². The van der Waals surface area contributed by atoms with Crippen LogP contribution in [0.5, 0.6) is 5.75 Å². The molecule has 0 atom stereocenters. The van der Waals surface area contributed by atoms with Gasteiger partial charge in [0, 0.05) is 12.5 Å². The second-order valence-electron chi connectivity index (χ2n) is 3.30. The summed E-state index contributed by atoms with van der Waals surface area (Å²) in [4.78, 5) is 21.2. The van der Waals surface area contributed by atoms with E-state index in [2.05, 4.69) is 0 Å². The number of benzene rings is 1. The van der Waals surface area contributed by atoms with Crippen molar-refractivity contribution in [3.05, 3.63) is 35.4 Å². The van der Waals surface area contributed by atoms with Crippen LogP contribution in [-0.4, -0.2) is 17.0 Å². The third kappa shape index (κ3) is 3.57. The van der Waals surface area contributed by atoms with E-state index >= 15 is 0 Å². The zero-order valence-corrected chi connectivity index (χ0v) is 9.06. The number of ether oxygens (including phenoxy) is 1. The number of esters is 1. The normalized spacial score (nSPS) is 11.0. The molecule has 0 spiro atoms. The zero-order chi connectivity index (χ0) is 12.1. The highest BCUT2D eigenvalue weighted by molar-refractivity contribution is 5.91. The predicted molar refractivity (Wildman–Crippen MR) is 59.0 cm³/mol. The molecular weight excluding hydrogens is 208 g/mol. The fourth-order valence-electron chi connectivity index (χ4n) is 1.11. The molecule has 0 aliphatic carbocycles. The highest BCUT2D eigenvalue weighted by atomic mass is 16.5. The molecule has 0 saturated carbocycles. The summed E-state index contributed by atoms with van der Waals surface area (Å²) in [5.41, 5.74) is 0.996. The van der Waals surface area contributed by atoms with Gasteiger partial charge in [0.25, 0.3) is 0 Å². The molecule has 0 aliphatic heterocycles. The van der Waals surface area contributed by atoms with Gasteiger partial charge in [0.2, 0.25) is 0 Å². The Morgan fingerprint density at radius 1 is 1.19 bits per heavy atom. The Kier molecular flexibility index (Phi) is 3.83. The van der Waals surface area contributed by atoms with E-state index in [1.807, 2.05) is 0 Å². The van der Waals surface area contributed by atoms with Gasteiger partial charge in [-0.15, -0.1) is 0 Å². The zero-order valence-electron chi connectivity index (χ0n) is 9.06. The molecule has 0 fully saturated rings. The first kappa shape index (κ1) is 12.0. The van der Waals surface area contributed by atoms with Crippen molar-refractivity contribution in [1.29, 1.82) is 0 Å². The first-order valence-electron chi connectivity index (χ1n) is 4.69. The highest BCUT2D eigenvalue weighted by Crippen LogP contribution is 2.14. The lowest BCUT2D eigenvalue weighted by atomic mass is 10.1. The van der Waals surface area contributed by atoms with E-state index in [9.17, 15) is 9.59 Å². The number of carbonyl (C=O) groups excluding carboxylic acids is 1. The van der Waals surface area contributed by atoms with Crippen molar-refractivity contribution in [1.82, 2.24) is 0 Å². The average Bonchev–Trinajstić information content (AvgIpc) is 2.20. The van der Waals surface area contributed by atoms with Gasteiger partial charge in [-0.1, -0.05) is 12.1 Å². The van der Waals surface area contributed by atoms with Gasteiger partial charge < -0.3 is 9.84 Å². The molecule has 0 saturated heterocycles. The van der Waals surface area contributed by atoms with Crippen LogP contribution in [0.2, 0.25) is 0 Å². The lowest BCUT2D eigenvalue weighted by molar-refractivity contribution is -0.133. The van der Waals surface area contributed by atoms with Crippen molar-refractivity contribution in [2.24, 2.45) is 0 Å². The monoisotopic (exact) mass is 220 g/mol. The van der Waals surface area contributed by atoms with Gasteiger partial charge in [0.1, 0.15) is 5.75 Å². The first-order valence-corrected chi connectivity index (χ1v) is 4.69. The van der Waals surface area contributed by atoms with Gasteiger partial charge in [0.15, 0.2) is 0 Å². The van der Waals surface area contributed by atoms with E-state index in [0.29, 0.717) is 5.75 Å². The summed E-state index contributed by atoms with van der Waals surface area (Å²) < 4.78 is 4.85. The topological polar surface area (TPSA) is 63.6 Å². The van der Waals surface area contributed by atoms with Crippen molar-refractivity contribution in [2.75, 3.05) is 0 Å².